The third-order valence-electron chi connectivity index (χ3n) is 3.10. The monoisotopic (exact) mass is 258 g/mol. The average Bonchev–Trinajstić information content (AvgIpc) is 2.23. The topological polar surface area (TPSA) is 13.0 Å². The molecule has 0 aliphatic rings. The van der Waals surface area contributed by atoms with Gasteiger partial charge in [-0.25, -0.2) is 0 Å². The molecule has 0 atom stereocenters. The molecule has 4 heteroatoms. The molecular weight excluding hydrogens is 224 g/mol. The van der Waals surface area contributed by atoms with Crippen LogP contribution in [0.1, 0.15) is 6.92 Å². The van der Waals surface area contributed by atoms with Crippen LogP contribution in [-0.2, 0) is 0 Å². The maximum absolute atomic E-state index is 2.43. The van der Waals surface area contributed by atoms with E-state index in [9.17, 15) is 0 Å². The van der Waals surface area contributed by atoms with E-state index >= 15 is 0 Å². The van der Waals surface area contributed by atoms with Gasteiger partial charge in [-0.3, -0.25) is 0 Å². The number of nitrogens with zero attached hydrogens (tertiary/aromatic N) is 4. The second kappa shape index (κ2) is 9.73. The molecule has 110 valence electrons. The Morgan fingerprint density at radius 1 is 0.611 bits per heavy atom. The molecule has 0 fully saturated rings. The Hall–Kier alpha value is -0.160. The molecule has 0 heterocycles. The fraction of sp³-hybridized carbons (Fsp3) is 1.00. The van der Waals surface area contributed by atoms with Gasteiger partial charge in [0.05, 0.1) is 0 Å². The van der Waals surface area contributed by atoms with Gasteiger partial charge in [0.25, 0.3) is 0 Å². The van der Waals surface area contributed by atoms with Crippen LogP contribution in [0.5, 0.6) is 0 Å². The fourth-order valence-corrected chi connectivity index (χ4v) is 2.05. The number of hydrogen-bond donors (Lipinski definition) is 0. The summed E-state index contributed by atoms with van der Waals surface area (Å²) in [7, 11) is 13.0. The van der Waals surface area contributed by atoms with Gasteiger partial charge in [0.1, 0.15) is 0 Å². The smallest absolute Gasteiger partial charge is 0.0106 e. The van der Waals surface area contributed by atoms with E-state index in [2.05, 4.69) is 68.8 Å². The summed E-state index contributed by atoms with van der Waals surface area (Å²) in [5.74, 6) is 0.726. The van der Waals surface area contributed by atoms with Crippen molar-refractivity contribution in [3.63, 3.8) is 0 Å². The highest BCUT2D eigenvalue weighted by Crippen LogP contribution is 2.01. The molecule has 0 bridgehead atoms. The molecule has 0 aromatic carbocycles. The largest absolute Gasteiger partial charge is 0.308 e. The Kier molecular flexibility index (Phi) is 9.64. The number of likely N-dealkylation sites (N-methyl/N-ethyl adjacent to an activating group) is 4. The maximum atomic E-state index is 2.43. The molecule has 0 aromatic rings. The summed E-state index contributed by atoms with van der Waals surface area (Å²) in [5, 5.41) is 0. The van der Waals surface area contributed by atoms with Crippen molar-refractivity contribution >= 4 is 0 Å². The van der Waals surface area contributed by atoms with Gasteiger partial charge in [-0.05, 0) is 48.2 Å². The lowest BCUT2D eigenvalue weighted by atomic mass is 10.1. The first-order valence-electron chi connectivity index (χ1n) is 6.97. The zero-order valence-electron chi connectivity index (χ0n) is 13.6. The van der Waals surface area contributed by atoms with Crippen molar-refractivity contribution in [2.24, 2.45) is 5.92 Å². The van der Waals surface area contributed by atoms with E-state index in [1.165, 1.54) is 13.1 Å². The van der Waals surface area contributed by atoms with Crippen LogP contribution in [0.4, 0.5) is 0 Å². The molecule has 0 aliphatic carbocycles. The third kappa shape index (κ3) is 11.0. The lowest BCUT2D eigenvalue weighted by Crippen LogP contribution is -2.37. The summed E-state index contributed by atoms with van der Waals surface area (Å²) < 4.78 is 0. The van der Waals surface area contributed by atoms with Gasteiger partial charge in [-0.2, -0.15) is 0 Å². The molecular formula is C14H34N4. The lowest BCUT2D eigenvalue weighted by molar-refractivity contribution is 0.204. The third-order valence-corrected chi connectivity index (χ3v) is 3.10. The Morgan fingerprint density at radius 3 is 1.22 bits per heavy atom. The molecule has 0 N–H and O–H groups in total. The van der Waals surface area contributed by atoms with Crippen molar-refractivity contribution < 1.29 is 0 Å². The van der Waals surface area contributed by atoms with Gasteiger partial charge in [0.15, 0.2) is 0 Å². The normalized spacial score (nSPS) is 12.7. The van der Waals surface area contributed by atoms with Crippen molar-refractivity contribution in [3.8, 4) is 0 Å². The molecule has 18 heavy (non-hydrogen) atoms. The second-order valence-electron chi connectivity index (χ2n) is 6.24. The predicted octanol–water partition coefficient (Wildman–Crippen LogP) is 0.609. The van der Waals surface area contributed by atoms with Gasteiger partial charge in [0.2, 0.25) is 0 Å². The van der Waals surface area contributed by atoms with Crippen LogP contribution in [0, 0.1) is 5.92 Å². The van der Waals surface area contributed by atoms with Crippen molar-refractivity contribution in [1.29, 1.82) is 0 Å². The van der Waals surface area contributed by atoms with Gasteiger partial charge in [-0.15, -0.1) is 0 Å². The van der Waals surface area contributed by atoms with Crippen LogP contribution >= 0.6 is 0 Å². The first-order valence-corrected chi connectivity index (χ1v) is 6.97. The maximum Gasteiger partial charge on any atom is 0.0106 e. The molecule has 0 amide bonds. The van der Waals surface area contributed by atoms with Gasteiger partial charge >= 0.3 is 0 Å². The Morgan fingerprint density at radius 2 is 0.944 bits per heavy atom. The molecule has 0 saturated carbocycles. The molecule has 0 spiro atoms. The minimum atomic E-state index is 0.726. The standard InChI is InChI=1S/C14H34N4/c1-14(12-17(6)10-8-15(2)3)13-18(7)11-9-16(4)5/h14H,8-13H2,1-7H3. The molecule has 0 radical (unpaired) electrons. The molecule has 0 saturated heterocycles. The summed E-state index contributed by atoms with van der Waals surface area (Å²) in [5.41, 5.74) is 0. The van der Waals surface area contributed by atoms with E-state index in [4.69, 9.17) is 0 Å². The van der Waals surface area contributed by atoms with E-state index in [0.29, 0.717) is 0 Å². The molecule has 0 aliphatic heterocycles. The average molecular weight is 258 g/mol. The second-order valence-corrected chi connectivity index (χ2v) is 6.24. The molecule has 0 aromatic heterocycles. The lowest BCUT2D eigenvalue weighted by Gasteiger charge is -2.27. The highest BCUT2D eigenvalue weighted by Gasteiger charge is 2.09. The van der Waals surface area contributed by atoms with Crippen LogP contribution in [0.2, 0.25) is 0 Å². The summed E-state index contributed by atoms with van der Waals surface area (Å²) in [6, 6.07) is 0. The van der Waals surface area contributed by atoms with Crippen molar-refractivity contribution in [2.75, 3.05) is 81.6 Å². The molecule has 0 unspecified atom stereocenters. The number of hydrogen-bond acceptors (Lipinski definition) is 4. The zero-order chi connectivity index (χ0) is 14.1. The van der Waals surface area contributed by atoms with Gasteiger partial charge in [-0.1, -0.05) is 6.92 Å². The van der Waals surface area contributed by atoms with E-state index in [-0.39, 0.29) is 0 Å². The van der Waals surface area contributed by atoms with Gasteiger partial charge < -0.3 is 19.6 Å². The highest BCUT2D eigenvalue weighted by molar-refractivity contribution is 4.65. The summed E-state index contributed by atoms with van der Waals surface area (Å²) in [6.07, 6.45) is 0. The van der Waals surface area contributed by atoms with Crippen molar-refractivity contribution in [2.45, 2.75) is 6.92 Å². The Labute approximate surface area is 115 Å². The summed E-state index contributed by atoms with van der Waals surface area (Å²) in [6.45, 7) is 9.29. The van der Waals surface area contributed by atoms with Crippen molar-refractivity contribution in [1.82, 2.24) is 19.6 Å². The van der Waals surface area contributed by atoms with E-state index < -0.39 is 0 Å². The van der Waals surface area contributed by atoms with Crippen LogP contribution in [0.25, 0.3) is 0 Å². The van der Waals surface area contributed by atoms with E-state index in [1.54, 1.807) is 0 Å². The SMILES string of the molecule is CC(CN(C)CCN(C)C)CN(C)CCN(C)C. The number of rotatable bonds is 10. The fourth-order valence-electron chi connectivity index (χ4n) is 2.05. The quantitative estimate of drug-likeness (QED) is 0.569. The van der Waals surface area contributed by atoms with Crippen molar-refractivity contribution in [3.05, 3.63) is 0 Å². The van der Waals surface area contributed by atoms with E-state index in [0.717, 1.165) is 32.1 Å². The molecule has 0 rings (SSSR count). The molecule has 4 nitrogen and oxygen atoms in total. The minimum Gasteiger partial charge on any atom is -0.308 e. The zero-order valence-corrected chi connectivity index (χ0v) is 13.6. The first-order chi connectivity index (χ1) is 8.31. The van der Waals surface area contributed by atoms with Gasteiger partial charge in [0, 0.05) is 39.3 Å². The van der Waals surface area contributed by atoms with E-state index in [1.807, 2.05) is 0 Å². The Bertz CT molecular complexity index is 174. The summed E-state index contributed by atoms with van der Waals surface area (Å²) >= 11 is 0. The first kappa shape index (κ1) is 17.8. The van der Waals surface area contributed by atoms with Crippen LogP contribution in [0.3, 0.4) is 0 Å². The van der Waals surface area contributed by atoms with Crippen LogP contribution in [0.15, 0.2) is 0 Å². The summed E-state index contributed by atoms with van der Waals surface area (Å²) in [4.78, 5) is 9.35. The predicted molar refractivity (Wildman–Crippen MR) is 81.3 cm³/mol. The minimum absolute atomic E-state index is 0.726. The van der Waals surface area contributed by atoms with Crippen LogP contribution < -0.4 is 0 Å². The highest BCUT2D eigenvalue weighted by atomic mass is 15.2. The Balaban J connectivity index is 3.71. The van der Waals surface area contributed by atoms with Crippen LogP contribution in [-0.4, -0.2) is 101 Å².